The third-order valence-electron chi connectivity index (χ3n) is 0.965. The lowest BCUT2D eigenvalue weighted by molar-refractivity contribution is -0.110. The summed E-state index contributed by atoms with van der Waals surface area (Å²) in [5.74, 6) is 0. The largest absolute Gasteiger partial charge is 0.356 e. The summed E-state index contributed by atoms with van der Waals surface area (Å²) in [6.45, 7) is 4.00. The molecule has 0 rings (SSSR count). The lowest BCUT2D eigenvalue weighted by Crippen LogP contribution is -2.22. The third kappa shape index (κ3) is 3.30. The van der Waals surface area contributed by atoms with Crippen molar-refractivity contribution in [2.24, 2.45) is 0 Å². The molecular weight excluding hydrogens is 90.1 g/mol. The minimum Gasteiger partial charge on any atom is -0.356 e. The number of nitrogens with one attached hydrogen (secondary N) is 1. The van der Waals surface area contributed by atoms with E-state index in [0.717, 1.165) is 12.8 Å². The summed E-state index contributed by atoms with van der Waals surface area (Å²) in [6.07, 6.45) is 1.73. The zero-order chi connectivity index (χ0) is 5.70. The van der Waals surface area contributed by atoms with E-state index in [0.29, 0.717) is 6.04 Å². The lowest BCUT2D eigenvalue weighted by atomic mass is 10.3. The molecule has 0 aliphatic heterocycles. The van der Waals surface area contributed by atoms with Gasteiger partial charge < -0.3 is 5.32 Å². The van der Waals surface area contributed by atoms with Crippen LogP contribution in [0.25, 0.3) is 0 Å². The molecule has 42 valence electrons. The highest BCUT2D eigenvalue weighted by Gasteiger charge is 1.89. The van der Waals surface area contributed by atoms with E-state index in [9.17, 15) is 4.79 Å². The fourth-order valence-electron chi connectivity index (χ4n) is 0.234. The zero-order valence-corrected chi connectivity index (χ0v) is 4.77. The fourth-order valence-corrected chi connectivity index (χ4v) is 0.234. The molecule has 0 saturated heterocycles. The van der Waals surface area contributed by atoms with Crippen molar-refractivity contribution in [2.45, 2.75) is 26.3 Å². The summed E-state index contributed by atoms with van der Waals surface area (Å²) in [5, 5.41) is 2.61. The molecule has 0 bridgehead atoms. The second-order valence-electron chi connectivity index (χ2n) is 1.59. The second kappa shape index (κ2) is 3.65. The molecule has 2 heteroatoms. The van der Waals surface area contributed by atoms with Crippen LogP contribution in [0.4, 0.5) is 0 Å². The Labute approximate surface area is 43.9 Å². The van der Waals surface area contributed by atoms with Crippen LogP contribution in [0.2, 0.25) is 0 Å². The quantitative estimate of drug-likeness (QED) is 0.516. The maximum absolute atomic E-state index is 9.66. The first-order valence-electron chi connectivity index (χ1n) is 2.51. The predicted octanol–water partition coefficient (Wildman–Crippen LogP) is 0.531. The maximum Gasteiger partial charge on any atom is 0.207 e. The third-order valence-corrected chi connectivity index (χ3v) is 0.965. The van der Waals surface area contributed by atoms with E-state index in [2.05, 4.69) is 5.32 Å². The first kappa shape index (κ1) is 6.47. The highest BCUT2D eigenvalue weighted by Crippen LogP contribution is 1.82. The number of hydrogen-bond acceptors (Lipinski definition) is 1. The van der Waals surface area contributed by atoms with Gasteiger partial charge in [-0.05, 0) is 13.3 Å². The Morgan fingerprint density at radius 1 is 1.86 bits per heavy atom. The van der Waals surface area contributed by atoms with Gasteiger partial charge in [0.05, 0.1) is 0 Å². The number of carbonyl (C=O) groups excluding carboxylic acids is 1. The molecular formula is C5H11NO. The van der Waals surface area contributed by atoms with Crippen LogP contribution >= 0.6 is 0 Å². The molecule has 0 aromatic rings. The molecule has 0 aliphatic carbocycles. The first-order valence-corrected chi connectivity index (χ1v) is 2.51. The second-order valence-corrected chi connectivity index (χ2v) is 1.59. The van der Waals surface area contributed by atoms with Gasteiger partial charge in [-0.2, -0.15) is 0 Å². The Hall–Kier alpha value is -0.530. The molecule has 0 aromatic carbocycles. The molecule has 0 radical (unpaired) electrons. The van der Waals surface area contributed by atoms with E-state index in [4.69, 9.17) is 0 Å². The number of carbonyl (C=O) groups is 1. The highest BCUT2D eigenvalue weighted by atomic mass is 16.1. The van der Waals surface area contributed by atoms with Crippen molar-refractivity contribution in [1.29, 1.82) is 0 Å². The van der Waals surface area contributed by atoms with Crippen molar-refractivity contribution in [3.63, 3.8) is 0 Å². The van der Waals surface area contributed by atoms with E-state index < -0.39 is 0 Å². The lowest BCUT2D eigenvalue weighted by Gasteiger charge is -2.02. The van der Waals surface area contributed by atoms with Crippen molar-refractivity contribution in [3.05, 3.63) is 0 Å². The van der Waals surface area contributed by atoms with E-state index in [1.807, 2.05) is 13.8 Å². The Morgan fingerprint density at radius 3 is 2.57 bits per heavy atom. The molecule has 1 N–H and O–H groups in total. The number of hydrogen-bond donors (Lipinski definition) is 1. The Kier molecular flexibility index (Phi) is 3.38. The minimum atomic E-state index is 0.331. The molecule has 0 saturated carbocycles. The van der Waals surface area contributed by atoms with Gasteiger partial charge in [0.15, 0.2) is 0 Å². The minimum absolute atomic E-state index is 0.331. The Morgan fingerprint density at radius 2 is 2.43 bits per heavy atom. The summed E-state index contributed by atoms with van der Waals surface area (Å²) in [7, 11) is 0. The topological polar surface area (TPSA) is 29.1 Å². The summed E-state index contributed by atoms with van der Waals surface area (Å²) >= 11 is 0. The van der Waals surface area contributed by atoms with Crippen LogP contribution in [0.15, 0.2) is 0 Å². The normalized spacial score (nSPS) is 12.9. The predicted molar refractivity (Wildman–Crippen MR) is 29.0 cm³/mol. The molecule has 2 nitrogen and oxygen atoms in total. The van der Waals surface area contributed by atoms with Crippen LogP contribution in [-0.2, 0) is 4.79 Å². The van der Waals surface area contributed by atoms with Crippen LogP contribution in [0.1, 0.15) is 20.3 Å². The molecule has 0 heterocycles. The monoisotopic (exact) mass is 101 g/mol. The Balaban J connectivity index is 2.98. The molecule has 0 spiro atoms. The SMILES string of the molecule is CC[C@@H](C)NC=O. The van der Waals surface area contributed by atoms with Gasteiger partial charge in [0, 0.05) is 6.04 Å². The molecule has 7 heavy (non-hydrogen) atoms. The average molecular weight is 101 g/mol. The van der Waals surface area contributed by atoms with Crippen LogP contribution < -0.4 is 5.32 Å². The van der Waals surface area contributed by atoms with Gasteiger partial charge in [-0.1, -0.05) is 6.92 Å². The smallest absolute Gasteiger partial charge is 0.207 e. The molecule has 0 fully saturated rings. The fraction of sp³-hybridized carbons (Fsp3) is 0.800. The van der Waals surface area contributed by atoms with E-state index in [1.54, 1.807) is 0 Å². The van der Waals surface area contributed by atoms with Crippen LogP contribution in [0.5, 0.6) is 0 Å². The molecule has 0 aromatic heterocycles. The van der Waals surface area contributed by atoms with Crippen LogP contribution in [-0.4, -0.2) is 12.5 Å². The molecule has 0 unspecified atom stereocenters. The van der Waals surface area contributed by atoms with Crippen molar-refractivity contribution in [3.8, 4) is 0 Å². The first-order chi connectivity index (χ1) is 3.31. The van der Waals surface area contributed by atoms with Gasteiger partial charge in [0.1, 0.15) is 0 Å². The van der Waals surface area contributed by atoms with Gasteiger partial charge in [0.25, 0.3) is 0 Å². The van der Waals surface area contributed by atoms with Crippen LogP contribution in [0.3, 0.4) is 0 Å². The van der Waals surface area contributed by atoms with Crippen molar-refractivity contribution in [2.75, 3.05) is 0 Å². The molecule has 1 amide bonds. The van der Waals surface area contributed by atoms with Gasteiger partial charge >= 0.3 is 0 Å². The van der Waals surface area contributed by atoms with Gasteiger partial charge in [-0.15, -0.1) is 0 Å². The summed E-state index contributed by atoms with van der Waals surface area (Å²) in [5.41, 5.74) is 0. The highest BCUT2D eigenvalue weighted by molar-refractivity contribution is 5.46. The van der Waals surface area contributed by atoms with Crippen molar-refractivity contribution in [1.82, 2.24) is 5.32 Å². The standard InChI is InChI=1S/C5H11NO/c1-3-5(2)6-4-7/h4-5H,3H2,1-2H3,(H,6,7)/t5-/m1/s1. The average Bonchev–Trinajstić information content (AvgIpc) is 1.68. The van der Waals surface area contributed by atoms with E-state index >= 15 is 0 Å². The summed E-state index contributed by atoms with van der Waals surface area (Å²) < 4.78 is 0. The molecule has 0 aliphatic rings. The van der Waals surface area contributed by atoms with Crippen molar-refractivity contribution < 1.29 is 4.79 Å². The number of amides is 1. The van der Waals surface area contributed by atoms with Crippen LogP contribution in [0, 0.1) is 0 Å². The summed E-state index contributed by atoms with van der Waals surface area (Å²) in [6, 6.07) is 0.331. The van der Waals surface area contributed by atoms with Gasteiger partial charge in [-0.25, -0.2) is 0 Å². The maximum atomic E-state index is 9.66. The van der Waals surface area contributed by atoms with Gasteiger partial charge in [0.2, 0.25) is 6.41 Å². The zero-order valence-electron chi connectivity index (χ0n) is 4.77. The van der Waals surface area contributed by atoms with Crippen molar-refractivity contribution >= 4 is 6.41 Å². The van der Waals surface area contributed by atoms with Gasteiger partial charge in [-0.3, -0.25) is 4.79 Å². The molecule has 1 atom stereocenters. The summed E-state index contributed by atoms with van der Waals surface area (Å²) in [4.78, 5) is 9.66. The van der Waals surface area contributed by atoms with E-state index in [1.165, 1.54) is 0 Å². The number of rotatable bonds is 3. The Bertz CT molecular complexity index is 54.0. The van der Waals surface area contributed by atoms with E-state index in [-0.39, 0.29) is 0 Å².